The topological polar surface area (TPSA) is 102 Å². The Labute approximate surface area is 149 Å². The molecule has 0 aromatic carbocycles. The smallest absolute Gasteiger partial charge is 0.396 e. The van der Waals surface area contributed by atoms with Gasteiger partial charge in [0.05, 0.1) is 19.8 Å². The first kappa shape index (κ1) is 19.8. The van der Waals surface area contributed by atoms with E-state index in [9.17, 15) is 14.7 Å². The normalized spacial score (nSPS) is 31.7. The molecule has 0 aromatic rings. The SMILES string of the molecule is CCC(C)C(CO)C(=O)CCC1CCC([N+]2(C)C=CC(N)=NC2=O)O1. The van der Waals surface area contributed by atoms with Crippen molar-refractivity contribution in [3.63, 3.8) is 0 Å². The van der Waals surface area contributed by atoms with Crippen molar-refractivity contribution in [1.82, 2.24) is 0 Å². The Hall–Kier alpha value is -1.57. The van der Waals surface area contributed by atoms with Crippen molar-refractivity contribution in [1.29, 1.82) is 0 Å². The number of amides is 2. The number of nitrogens with two attached hydrogens (primary N) is 1. The van der Waals surface area contributed by atoms with Crippen LogP contribution in [0.1, 0.15) is 46.0 Å². The van der Waals surface area contributed by atoms with E-state index in [4.69, 9.17) is 10.5 Å². The fourth-order valence-corrected chi connectivity index (χ4v) is 3.44. The highest BCUT2D eigenvalue weighted by molar-refractivity contribution is 5.99. The third-order valence-corrected chi connectivity index (χ3v) is 5.53. The standard InChI is InChI=1S/C18H29N3O4/c1-4-12(2)14(11-22)15(23)7-5-13-6-8-17(25-13)21(3)10-9-16(19)20-18(21)24/h9-10,12-14,17,22H,4-8,11H2,1-3H3,(H-,19,20,24)/p+1. The quantitative estimate of drug-likeness (QED) is 0.650. The number of Topliss-reactive ketones (excluding diaryl/α,β-unsaturated/α-hetero) is 1. The molecule has 7 nitrogen and oxygen atoms in total. The maximum Gasteiger partial charge on any atom is 0.451 e. The second-order valence-electron chi connectivity index (χ2n) is 7.25. The molecule has 2 heterocycles. The average Bonchev–Trinajstić information content (AvgIpc) is 3.06. The monoisotopic (exact) mass is 352 g/mol. The highest BCUT2D eigenvalue weighted by Gasteiger charge is 2.45. The summed E-state index contributed by atoms with van der Waals surface area (Å²) in [7, 11) is 1.76. The van der Waals surface area contributed by atoms with Crippen molar-refractivity contribution in [3.8, 4) is 0 Å². The van der Waals surface area contributed by atoms with Crippen molar-refractivity contribution in [2.45, 2.75) is 58.3 Å². The van der Waals surface area contributed by atoms with Gasteiger partial charge in [-0.05, 0) is 18.8 Å². The summed E-state index contributed by atoms with van der Waals surface area (Å²) in [4.78, 5) is 28.4. The number of amidine groups is 1. The molecule has 1 saturated heterocycles. The summed E-state index contributed by atoms with van der Waals surface area (Å²) in [6.07, 6.45) is 6.40. The van der Waals surface area contributed by atoms with E-state index >= 15 is 0 Å². The Bertz CT molecular complexity index is 575. The van der Waals surface area contributed by atoms with Gasteiger partial charge >= 0.3 is 6.03 Å². The van der Waals surface area contributed by atoms with Crippen molar-refractivity contribution in [2.75, 3.05) is 13.7 Å². The maximum atomic E-state index is 12.3. The van der Waals surface area contributed by atoms with Gasteiger partial charge in [-0.1, -0.05) is 20.3 Å². The summed E-state index contributed by atoms with van der Waals surface area (Å²) in [5.74, 6) is 0.186. The van der Waals surface area contributed by atoms with E-state index in [0.29, 0.717) is 12.8 Å². The van der Waals surface area contributed by atoms with Crippen molar-refractivity contribution in [3.05, 3.63) is 12.3 Å². The van der Waals surface area contributed by atoms with Crippen molar-refractivity contribution >= 4 is 17.6 Å². The minimum Gasteiger partial charge on any atom is -0.396 e. The summed E-state index contributed by atoms with van der Waals surface area (Å²) < 4.78 is 5.99. The van der Waals surface area contributed by atoms with Crippen molar-refractivity contribution in [2.24, 2.45) is 22.6 Å². The molecule has 0 aromatic heterocycles. The van der Waals surface area contributed by atoms with Gasteiger partial charge in [0.25, 0.3) is 0 Å². The number of nitrogens with zero attached hydrogens (tertiary/aromatic N) is 2. The summed E-state index contributed by atoms with van der Waals surface area (Å²) in [6.45, 7) is 3.91. The average molecular weight is 352 g/mol. The van der Waals surface area contributed by atoms with Gasteiger partial charge in [0.2, 0.25) is 6.23 Å². The fraction of sp³-hybridized carbons (Fsp3) is 0.722. The molecule has 140 valence electrons. The summed E-state index contributed by atoms with van der Waals surface area (Å²) in [5, 5.41) is 9.46. The predicted octanol–water partition coefficient (Wildman–Crippen LogP) is 1.95. The molecule has 1 fully saturated rings. The third kappa shape index (κ3) is 4.34. The van der Waals surface area contributed by atoms with Gasteiger partial charge in [-0.3, -0.25) is 4.79 Å². The second kappa shape index (κ2) is 8.21. The lowest BCUT2D eigenvalue weighted by Crippen LogP contribution is -2.53. The van der Waals surface area contributed by atoms with Crippen LogP contribution in [-0.4, -0.2) is 53.2 Å². The Balaban J connectivity index is 1.88. The predicted molar refractivity (Wildman–Crippen MR) is 94.5 cm³/mol. The van der Waals surface area contributed by atoms with Crippen LogP contribution in [0.4, 0.5) is 4.79 Å². The number of ketones is 1. The van der Waals surface area contributed by atoms with Gasteiger partial charge in [-0.25, -0.2) is 4.79 Å². The molecule has 2 aliphatic heterocycles. The van der Waals surface area contributed by atoms with Gasteiger partial charge in [-0.2, -0.15) is 4.48 Å². The Kier molecular flexibility index (Phi) is 6.48. The molecule has 5 atom stereocenters. The first-order valence-corrected chi connectivity index (χ1v) is 9.04. The Morgan fingerprint density at radius 3 is 2.84 bits per heavy atom. The third-order valence-electron chi connectivity index (χ3n) is 5.53. The fourth-order valence-electron chi connectivity index (χ4n) is 3.44. The van der Waals surface area contributed by atoms with Gasteiger partial charge in [0, 0.05) is 24.8 Å². The number of aliphatic imine (C=N–C) groups is 1. The lowest BCUT2D eigenvalue weighted by molar-refractivity contribution is -0.830. The highest BCUT2D eigenvalue weighted by Crippen LogP contribution is 2.32. The van der Waals surface area contributed by atoms with Gasteiger partial charge in [-0.15, -0.1) is 4.99 Å². The molecule has 0 saturated carbocycles. The molecule has 25 heavy (non-hydrogen) atoms. The minimum absolute atomic E-state index is 0.0444. The zero-order valence-electron chi connectivity index (χ0n) is 15.4. The first-order valence-electron chi connectivity index (χ1n) is 9.04. The van der Waals surface area contributed by atoms with Crippen LogP contribution in [-0.2, 0) is 9.53 Å². The second-order valence-corrected chi connectivity index (χ2v) is 7.25. The van der Waals surface area contributed by atoms with E-state index in [-0.39, 0.29) is 52.9 Å². The summed E-state index contributed by atoms with van der Waals surface area (Å²) in [5.41, 5.74) is 5.56. The molecule has 2 rings (SSSR count). The van der Waals surface area contributed by atoms with E-state index < -0.39 is 0 Å². The number of urea groups is 1. The molecule has 7 heteroatoms. The van der Waals surface area contributed by atoms with Crippen molar-refractivity contribution < 1.29 is 23.9 Å². The number of rotatable bonds is 8. The Morgan fingerprint density at radius 1 is 1.52 bits per heavy atom. The molecule has 2 aliphatic rings. The van der Waals surface area contributed by atoms with E-state index in [0.717, 1.165) is 19.3 Å². The van der Waals surface area contributed by atoms with Gasteiger partial charge in [0.1, 0.15) is 17.8 Å². The molecular formula is C18H30N3O4+. The van der Waals surface area contributed by atoms with Crippen LogP contribution in [0.2, 0.25) is 0 Å². The Morgan fingerprint density at radius 2 is 2.24 bits per heavy atom. The summed E-state index contributed by atoms with van der Waals surface area (Å²) >= 11 is 0. The number of aliphatic hydroxyl groups excluding tert-OH is 1. The lowest BCUT2D eigenvalue weighted by Gasteiger charge is -2.32. The molecule has 0 bridgehead atoms. The minimum atomic E-state index is -0.334. The number of carbonyl (C=O) groups excluding carboxylic acids is 2. The van der Waals surface area contributed by atoms with Crippen LogP contribution in [0, 0.1) is 11.8 Å². The van der Waals surface area contributed by atoms with Crippen LogP contribution in [0.25, 0.3) is 0 Å². The largest absolute Gasteiger partial charge is 0.451 e. The zero-order chi connectivity index (χ0) is 18.6. The van der Waals surface area contributed by atoms with E-state index in [1.807, 2.05) is 13.8 Å². The van der Waals surface area contributed by atoms with Crippen LogP contribution in [0.3, 0.4) is 0 Å². The highest BCUT2D eigenvalue weighted by atomic mass is 16.5. The van der Waals surface area contributed by atoms with Gasteiger partial charge in [0.15, 0.2) is 0 Å². The number of hydrogen-bond acceptors (Lipinski definition) is 5. The van der Waals surface area contributed by atoms with Crippen LogP contribution >= 0.6 is 0 Å². The molecular weight excluding hydrogens is 322 g/mol. The molecule has 0 spiro atoms. The molecule has 0 radical (unpaired) electrons. The number of carbonyl (C=O) groups is 2. The number of quaternary nitrogens is 1. The molecule has 3 N–H and O–H groups in total. The number of ether oxygens (including phenoxy) is 1. The zero-order valence-corrected chi connectivity index (χ0v) is 15.4. The maximum absolute atomic E-state index is 12.3. The summed E-state index contributed by atoms with van der Waals surface area (Å²) in [6, 6.07) is -0.334. The lowest BCUT2D eigenvalue weighted by atomic mass is 9.86. The van der Waals surface area contributed by atoms with E-state index in [1.54, 1.807) is 19.3 Å². The first-order chi connectivity index (χ1) is 11.8. The molecule has 5 unspecified atom stereocenters. The van der Waals surface area contributed by atoms with E-state index in [1.165, 1.54) is 0 Å². The number of aliphatic hydroxyl groups is 1. The van der Waals surface area contributed by atoms with Crippen LogP contribution in [0.15, 0.2) is 17.3 Å². The molecule has 0 aliphatic carbocycles. The van der Waals surface area contributed by atoms with Crippen LogP contribution in [0.5, 0.6) is 0 Å². The van der Waals surface area contributed by atoms with Gasteiger partial charge < -0.3 is 15.6 Å². The van der Waals surface area contributed by atoms with E-state index in [2.05, 4.69) is 4.99 Å². The number of hydrogen-bond donors (Lipinski definition) is 2. The van der Waals surface area contributed by atoms with Crippen LogP contribution < -0.4 is 5.73 Å². The molecule has 2 amide bonds.